The predicted molar refractivity (Wildman–Crippen MR) is 83.7 cm³/mol. The van der Waals surface area contributed by atoms with Gasteiger partial charge in [-0.2, -0.15) is 0 Å². The smallest absolute Gasteiger partial charge is 0.239 e. The molecule has 1 aromatic rings. The summed E-state index contributed by atoms with van der Waals surface area (Å²) < 4.78 is 0.903. The van der Waals surface area contributed by atoms with Crippen LogP contribution in [-0.4, -0.2) is 48.5 Å². The molecule has 0 bridgehead atoms. The van der Waals surface area contributed by atoms with Crippen molar-refractivity contribution in [2.24, 2.45) is 0 Å². The second-order valence-corrected chi connectivity index (χ2v) is 6.00. The van der Waals surface area contributed by atoms with Crippen molar-refractivity contribution in [1.29, 1.82) is 0 Å². The van der Waals surface area contributed by atoms with E-state index in [1.54, 1.807) is 12.3 Å². The number of carbonyl (C=O) groups excluding carboxylic acids is 1. The molecule has 2 heterocycles. The zero-order valence-corrected chi connectivity index (χ0v) is 13.3. The minimum Gasteiger partial charge on any atom is -0.318 e. The molecule has 6 heteroatoms. The number of carbonyl (C=O) groups is 1. The van der Waals surface area contributed by atoms with Gasteiger partial charge in [-0.25, -0.2) is 4.98 Å². The van der Waals surface area contributed by atoms with Gasteiger partial charge < -0.3 is 10.6 Å². The van der Waals surface area contributed by atoms with Gasteiger partial charge in [-0.3, -0.25) is 9.69 Å². The lowest BCUT2D eigenvalue weighted by molar-refractivity contribution is -0.118. The Bertz CT molecular complexity index is 435. The molecule has 0 spiro atoms. The number of rotatable bonds is 5. The van der Waals surface area contributed by atoms with E-state index in [0.29, 0.717) is 18.4 Å². The average molecular weight is 341 g/mol. The Morgan fingerprint density at radius 1 is 1.50 bits per heavy atom. The van der Waals surface area contributed by atoms with Crippen LogP contribution >= 0.6 is 15.9 Å². The fourth-order valence-corrected chi connectivity index (χ4v) is 2.79. The van der Waals surface area contributed by atoms with Gasteiger partial charge in [0.15, 0.2) is 0 Å². The quantitative estimate of drug-likeness (QED) is 0.858. The molecular weight excluding hydrogens is 320 g/mol. The fraction of sp³-hybridized carbons (Fsp3) is 0.571. The van der Waals surface area contributed by atoms with E-state index in [2.05, 4.69) is 36.4 Å². The van der Waals surface area contributed by atoms with Crippen molar-refractivity contribution in [3.63, 3.8) is 0 Å². The van der Waals surface area contributed by atoms with E-state index >= 15 is 0 Å². The standard InChI is InChI=1S/C14H21BrN4O/c1-16-9-12-4-2-3-7-19(12)10-14(20)18-13-6-5-11(15)8-17-13/h5-6,8,12,16H,2-4,7,9-10H2,1H3,(H,17,18,20). The van der Waals surface area contributed by atoms with Crippen LogP contribution in [0.5, 0.6) is 0 Å². The second kappa shape index (κ2) is 7.71. The van der Waals surface area contributed by atoms with Crippen LogP contribution in [-0.2, 0) is 4.79 Å². The molecule has 1 aliphatic heterocycles. The summed E-state index contributed by atoms with van der Waals surface area (Å²) in [5, 5.41) is 6.05. The number of aromatic nitrogens is 1. The molecule has 1 unspecified atom stereocenters. The van der Waals surface area contributed by atoms with Crippen LogP contribution in [0, 0.1) is 0 Å². The Labute approximate surface area is 128 Å². The number of nitrogens with zero attached hydrogens (tertiary/aromatic N) is 2. The van der Waals surface area contributed by atoms with E-state index in [9.17, 15) is 4.79 Å². The molecule has 1 atom stereocenters. The van der Waals surface area contributed by atoms with E-state index in [1.807, 2.05) is 13.1 Å². The van der Waals surface area contributed by atoms with Gasteiger partial charge in [-0.05, 0) is 54.5 Å². The third kappa shape index (κ3) is 4.54. The topological polar surface area (TPSA) is 57.3 Å². The number of amides is 1. The number of nitrogens with one attached hydrogen (secondary N) is 2. The predicted octanol–water partition coefficient (Wildman–Crippen LogP) is 1.86. The van der Waals surface area contributed by atoms with Crippen molar-refractivity contribution >= 4 is 27.7 Å². The van der Waals surface area contributed by atoms with E-state index in [0.717, 1.165) is 24.0 Å². The van der Waals surface area contributed by atoms with Crippen molar-refractivity contribution in [2.45, 2.75) is 25.3 Å². The summed E-state index contributed by atoms with van der Waals surface area (Å²) in [6.45, 7) is 2.36. The monoisotopic (exact) mass is 340 g/mol. The Morgan fingerprint density at radius 2 is 2.35 bits per heavy atom. The molecule has 1 aromatic heterocycles. The first-order chi connectivity index (χ1) is 9.69. The summed E-state index contributed by atoms with van der Waals surface area (Å²) >= 11 is 3.33. The Kier molecular flexibility index (Phi) is 5.94. The summed E-state index contributed by atoms with van der Waals surface area (Å²) in [6.07, 6.45) is 5.26. The SMILES string of the molecule is CNCC1CCCCN1CC(=O)Nc1ccc(Br)cn1. The van der Waals surface area contributed by atoms with Crippen LogP contribution in [0.1, 0.15) is 19.3 Å². The van der Waals surface area contributed by atoms with Crippen LogP contribution in [0.4, 0.5) is 5.82 Å². The van der Waals surface area contributed by atoms with Crippen molar-refractivity contribution in [3.8, 4) is 0 Å². The molecule has 110 valence electrons. The van der Waals surface area contributed by atoms with E-state index in [4.69, 9.17) is 0 Å². The fourth-order valence-electron chi connectivity index (χ4n) is 2.55. The minimum atomic E-state index is 0.00262. The summed E-state index contributed by atoms with van der Waals surface area (Å²) in [5.41, 5.74) is 0. The van der Waals surface area contributed by atoms with Gasteiger partial charge in [0, 0.05) is 23.3 Å². The molecule has 1 fully saturated rings. The number of hydrogen-bond acceptors (Lipinski definition) is 4. The highest BCUT2D eigenvalue weighted by molar-refractivity contribution is 9.10. The zero-order valence-electron chi connectivity index (χ0n) is 11.7. The number of piperidine rings is 1. The Balaban J connectivity index is 1.87. The number of likely N-dealkylation sites (N-methyl/N-ethyl adjacent to an activating group) is 1. The van der Waals surface area contributed by atoms with E-state index in [1.165, 1.54) is 12.8 Å². The molecule has 0 radical (unpaired) electrons. The van der Waals surface area contributed by atoms with Gasteiger partial charge in [0.25, 0.3) is 0 Å². The number of pyridine rings is 1. The molecule has 0 saturated carbocycles. The summed E-state index contributed by atoms with van der Waals surface area (Å²) in [6, 6.07) is 4.12. The highest BCUT2D eigenvalue weighted by Crippen LogP contribution is 2.16. The third-order valence-corrected chi connectivity index (χ3v) is 4.00. The van der Waals surface area contributed by atoms with Crippen LogP contribution in [0.25, 0.3) is 0 Å². The van der Waals surface area contributed by atoms with E-state index in [-0.39, 0.29) is 5.91 Å². The maximum atomic E-state index is 12.1. The minimum absolute atomic E-state index is 0.00262. The van der Waals surface area contributed by atoms with Gasteiger partial charge in [-0.15, -0.1) is 0 Å². The van der Waals surface area contributed by atoms with Gasteiger partial charge in [0.2, 0.25) is 5.91 Å². The van der Waals surface area contributed by atoms with Gasteiger partial charge in [0.05, 0.1) is 6.54 Å². The molecule has 0 aromatic carbocycles. The normalized spacial score (nSPS) is 19.8. The lowest BCUT2D eigenvalue weighted by Crippen LogP contribution is -2.47. The lowest BCUT2D eigenvalue weighted by Gasteiger charge is -2.35. The molecule has 1 aliphatic rings. The zero-order chi connectivity index (χ0) is 14.4. The van der Waals surface area contributed by atoms with Gasteiger partial charge in [-0.1, -0.05) is 6.42 Å². The first kappa shape index (κ1) is 15.4. The molecule has 1 saturated heterocycles. The first-order valence-corrected chi connectivity index (χ1v) is 7.78. The molecule has 1 amide bonds. The van der Waals surface area contributed by atoms with Gasteiger partial charge in [0.1, 0.15) is 5.82 Å². The number of anilines is 1. The maximum Gasteiger partial charge on any atom is 0.239 e. The molecule has 2 rings (SSSR count). The molecule has 20 heavy (non-hydrogen) atoms. The molecule has 5 nitrogen and oxygen atoms in total. The average Bonchev–Trinajstić information content (AvgIpc) is 2.44. The number of halogens is 1. The van der Waals surface area contributed by atoms with Gasteiger partial charge >= 0.3 is 0 Å². The Hall–Kier alpha value is -0.980. The molecule has 0 aliphatic carbocycles. The Morgan fingerprint density at radius 3 is 3.05 bits per heavy atom. The van der Waals surface area contributed by atoms with Crippen LogP contribution in [0.3, 0.4) is 0 Å². The van der Waals surface area contributed by atoms with Crippen molar-refractivity contribution < 1.29 is 4.79 Å². The van der Waals surface area contributed by atoms with Crippen LogP contribution in [0.2, 0.25) is 0 Å². The van der Waals surface area contributed by atoms with Crippen LogP contribution < -0.4 is 10.6 Å². The molecule has 2 N–H and O–H groups in total. The maximum absolute atomic E-state index is 12.1. The largest absolute Gasteiger partial charge is 0.318 e. The third-order valence-electron chi connectivity index (χ3n) is 3.53. The first-order valence-electron chi connectivity index (χ1n) is 6.99. The summed E-state index contributed by atoms with van der Waals surface area (Å²) in [5.74, 6) is 0.600. The van der Waals surface area contributed by atoms with Crippen LogP contribution in [0.15, 0.2) is 22.8 Å². The summed E-state index contributed by atoms with van der Waals surface area (Å²) in [4.78, 5) is 18.5. The highest BCUT2D eigenvalue weighted by atomic mass is 79.9. The van der Waals surface area contributed by atoms with Crippen molar-refractivity contribution in [3.05, 3.63) is 22.8 Å². The highest BCUT2D eigenvalue weighted by Gasteiger charge is 2.23. The number of likely N-dealkylation sites (tertiary alicyclic amines) is 1. The van der Waals surface area contributed by atoms with Crippen molar-refractivity contribution in [1.82, 2.24) is 15.2 Å². The second-order valence-electron chi connectivity index (χ2n) is 5.09. The van der Waals surface area contributed by atoms with Crippen molar-refractivity contribution in [2.75, 3.05) is 32.0 Å². The van der Waals surface area contributed by atoms with E-state index < -0.39 is 0 Å². The molecular formula is C14H21BrN4O. The lowest BCUT2D eigenvalue weighted by atomic mass is 10.0. The summed E-state index contributed by atoms with van der Waals surface area (Å²) in [7, 11) is 1.96. The number of hydrogen-bond donors (Lipinski definition) is 2.